The Morgan fingerprint density at radius 2 is 2.00 bits per heavy atom. The van der Waals surface area contributed by atoms with Crippen molar-refractivity contribution in [1.29, 1.82) is 0 Å². The van der Waals surface area contributed by atoms with Crippen molar-refractivity contribution in [1.82, 2.24) is 4.90 Å². The highest BCUT2D eigenvalue weighted by Crippen LogP contribution is 2.20. The molecule has 112 valence electrons. The fourth-order valence-electron chi connectivity index (χ4n) is 2.54. The van der Waals surface area contributed by atoms with E-state index in [1.54, 1.807) is 13.0 Å². The zero-order valence-corrected chi connectivity index (χ0v) is 12.0. The molecule has 0 unspecified atom stereocenters. The zero-order valence-electron chi connectivity index (χ0n) is 11.2. The summed E-state index contributed by atoms with van der Waals surface area (Å²) in [6.45, 7) is 2.49. The fraction of sp³-hybridized carbons (Fsp3) is 0.571. The number of aliphatic hydroxyl groups is 3. The Labute approximate surface area is 122 Å². The lowest BCUT2D eigenvalue weighted by molar-refractivity contribution is -0.132. The van der Waals surface area contributed by atoms with Gasteiger partial charge in [0.25, 0.3) is 0 Å². The zero-order chi connectivity index (χ0) is 14.9. The first-order valence-electron chi connectivity index (χ1n) is 6.62. The Hall–Kier alpha value is -0.720. The van der Waals surface area contributed by atoms with Crippen LogP contribution in [0.25, 0.3) is 0 Å². The maximum atomic E-state index is 13.6. The summed E-state index contributed by atoms with van der Waals surface area (Å²) in [5.74, 6) is -0.319. The molecule has 0 aromatic heterocycles. The number of aliphatic hydroxyl groups excluding tert-OH is 3. The van der Waals surface area contributed by atoms with E-state index in [1.807, 2.05) is 4.90 Å². The second-order valence-corrected chi connectivity index (χ2v) is 5.71. The Morgan fingerprint density at radius 1 is 1.30 bits per heavy atom. The maximum Gasteiger partial charge on any atom is 0.126 e. The van der Waals surface area contributed by atoms with E-state index < -0.39 is 18.3 Å². The van der Waals surface area contributed by atoms with Crippen molar-refractivity contribution >= 4 is 11.6 Å². The highest BCUT2D eigenvalue weighted by atomic mass is 35.5. The summed E-state index contributed by atoms with van der Waals surface area (Å²) in [5.41, 5.74) is 0.500. The van der Waals surface area contributed by atoms with Crippen molar-refractivity contribution in [2.75, 3.05) is 13.1 Å². The number of halogens is 2. The van der Waals surface area contributed by atoms with Gasteiger partial charge in [-0.3, -0.25) is 4.90 Å². The van der Waals surface area contributed by atoms with Gasteiger partial charge in [0, 0.05) is 24.2 Å². The van der Waals surface area contributed by atoms with Crippen LogP contribution in [0.4, 0.5) is 4.39 Å². The molecule has 1 aromatic carbocycles. The van der Waals surface area contributed by atoms with Crippen LogP contribution in [-0.2, 0) is 6.42 Å². The number of piperidine rings is 1. The van der Waals surface area contributed by atoms with Gasteiger partial charge < -0.3 is 15.3 Å². The van der Waals surface area contributed by atoms with Crippen LogP contribution in [0, 0.1) is 5.82 Å². The number of hydrogen-bond donors (Lipinski definition) is 3. The Morgan fingerprint density at radius 3 is 2.70 bits per heavy atom. The van der Waals surface area contributed by atoms with Gasteiger partial charge in [-0.05, 0) is 37.1 Å². The van der Waals surface area contributed by atoms with Crippen molar-refractivity contribution in [3.05, 3.63) is 34.6 Å². The highest BCUT2D eigenvalue weighted by Gasteiger charge is 2.38. The molecule has 4 nitrogen and oxygen atoms in total. The molecule has 0 radical (unpaired) electrons. The third kappa shape index (κ3) is 3.30. The standard InChI is InChI=1S/C14H19ClFNO3/c1-8-13(19)14(20)12(18)7-17(8)5-4-9-6-10(15)2-3-11(9)16/h2-3,6,8,12-14,18-20H,4-5,7H2,1H3/t8-,12+,13-,14-/m1/s1. The number of nitrogens with zero attached hydrogens (tertiary/aromatic N) is 1. The van der Waals surface area contributed by atoms with Crippen LogP contribution in [0.1, 0.15) is 12.5 Å². The molecule has 2 rings (SSSR count). The van der Waals surface area contributed by atoms with Crippen LogP contribution in [0.15, 0.2) is 18.2 Å². The molecule has 0 amide bonds. The first kappa shape index (κ1) is 15.7. The SMILES string of the molecule is C[C@@H]1[C@@H](O)[C@H](O)[C@@H](O)CN1CCc1cc(Cl)ccc1F. The average Bonchev–Trinajstić information content (AvgIpc) is 2.42. The highest BCUT2D eigenvalue weighted by molar-refractivity contribution is 6.30. The Balaban J connectivity index is 2.01. The fourth-order valence-corrected chi connectivity index (χ4v) is 2.73. The van der Waals surface area contributed by atoms with Crippen LogP contribution in [0.3, 0.4) is 0 Å². The molecule has 4 atom stereocenters. The van der Waals surface area contributed by atoms with E-state index in [0.29, 0.717) is 23.6 Å². The Bertz CT molecular complexity index is 474. The van der Waals surface area contributed by atoms with Gasteiger partial charge in [0.1, 0.15) is 11.9 Å². The molecule has 0 bridgehead atoms. The number of likely N-dealkylation sites (tertiary alicyclic amines) is 1. The largest absolute Gasteiger partial charge is 0.389 e. The second kappa shape index (κ2) is 6.37. The first-order valence-corrected chi connectivity index (χ1v) is 7.00. The van der Waals surface area contributed by atoms with Gasteiger partial charge in [-0.1, -0.05) is 11.6 Å². The van der Waals surface area contributed by atoms with E-state index in [4.69, 9.17) is 11.6 Å². The topological polar surface area (TPSA) is 63.9 Å². The lowest BCUT2D eigenvalue weighted by Gasteiger charge is -2.42. The minimum absolute atomic E-state index is 0.252. The van der Waals surface area contributed by atoms with Crippen LogP contribution in [-0.4, -0.2) is 57.7 Å². The molecule has 3 N–H and O–H groups in total. The maximum absolute atomic E-state index is 13.6. The summed E-state index contributed by atoms with van der Waals surface area (Å²) in [4.78, 5) is 1.84. The van der Waals surface area contributed by atoms with Crippen LogP contribution in [0.2, 0.25) is 5.02 Å². The number of benzene rings is 1. The average molecular weight is 304 g/mol. The summed E-state index contributed by atoms with van der Waals surface area (Å²) in [6.07, 6.45) is -2.72. The van der Waals surface area contributed by atoms with Crippen LogP contribution < -0.4 is 0 Å². The lowest BCUT2D eigenvalue weighted by Crippen LogP contribution is -2.60. The molecule has 1 aromatic rings. The summed E-state index contributed by atoms with van der Waals surface area (Å²) >= 11 is 5.84. The minimum Gasteiger partial charge on any atom is -0.389 e. The number of β-amino-alcohol motifs (C(OH)–C–C–N with tert-alkyl or cyclic N) is 1. The van der Waals surface area contributed by atoms with Gasteiger partial charge in [-0.2, -0.15) is 0 Å². The number of hydrogen-bond acceptors (Lipinski definition) is 4. The van der Waals surface area contributed by atoms with Crippen LogP contribution >= 0.6 is 11.6 Å². The predicted molar refractivity (Wildman–Crippen MR) is 74.2 cm³/mol. The van der Waals surface area contributed by atoms with Gasteiger partial charge in [0.05, 0.1) is 12.2 Å². The third-order valence-corrected chi connectivity index (χ3v) is 4.15. The lowest BCUT2D eigenvalue weighted by atomic mass is 9.94. The first-order chi connectivity index (χ1) is 9.40. The summed E-state index contributed by atoms with van der Waals surface area (Å²) in [5, 5.41) is 29.6. The van der Waals surface area contributed by atoms with E-state index in [9.17, 15) is 19.7 Å². The molecule has 0 spiro atoms. The van der Waals surface area contributed by atoms with E-state index in [-0.39, 0.29) is 18.4 Å². The molecule has 0 saturated carbocycles. The van der Waals surface area contributed by atoms with Crippen molar-refractivity contribution in [3.8, 4) is 0 Å². The van der Waals surface area contributed by atoms with Gasteiger partial charge in [-0.25, -0.2) is 4.39 Å². The normalized spacial score (nSPS) is 31.5. The molecule has 1 fully saturated rings. The van der Waals surface area contributed by atoms with Gasteiger partial charge in [0.2, 0.25) is 0 Å². The molecule has 6 heteroatoms. The molecule has 20 heavy (non-hydrogen) atoms. The van der Waals surface area contributed by atoms with Gasteiger partial charge >= 0.3 is 0 Å². The molecule has 1 aliphatic rings. The monoisotopic (exact) mass is 303 g/mol. The summed E-state index contributed by atoms with van der Waals surface area (Å²) < 4.78 is 13.6. The van der Waals surface area contributed by atoms with Crippen molar-refractivity contribution in [3.63, 3.8) is 0 Å². The molecule has 1 heterocycles. The van der Waals surface area contributed by atoms with E-state index >= 15 is 0 Å². The minimum atomic E-state index is -1.14. The van der Waals surface area contributed by atoms with Crippen molar-refractivity contribution < 1.29 is 19.7 Å². The Kier molecular flexibility index (Phi) is 4.99. The molecule has 1 aliphatic heterocycles. The van der Waals surface area contributed by atoms with Crippen LogP contribution in [0.5, 0.6) is 0 Å². The van der Waals surface area contributed by atoms with Gasteiger partial charge in [0.15, 0.2) is 0 Å². The third-order valence-electron chi connectivity index (χ3n) is 3.91. The van der Waals surface area contributed by atoms with E-state index in [2.05, 4.69) is 0 Å². The second-order valence-electron chi connectivity index (χ2n) is 5.27. The quantitative estimate of drug-likeness (QED) is 0.773. The molecular weight excluding hydrogens is 285 g/mol. The molecule has 0 aliphatic carbocycles. The smallest absolute Gasteiger partial charge is 0.126 e. The van der Waals surface area contributed by atoms with Gasteiger partial charge in [-0.15, -0.1) is 0 Å². The van der Waals surface area contributed by atoms with Crippen molar-refractivity contribution in [2.24, 2.45) is 0 Å². The predicted octanol–water partition coefficient (Wildman–Crippen LogP) is 0.808. The van der Waals surface area contributed by atoms with Crippen molar-refractivity contribution in [2.45, 2.75) is 37.7 Å². The number of rotatable bonds is 3. The molecule has 1 saturated heterocycles. The summed E-state index contributed by atoms with van der Waals surface area (Å²) in [6, 6.07) is 4.10. The van der Waals surface area contributed by atoms with E-state index in [0.717, 1.165) is 0 Å². The van der Waals surface area contributed by atoms with E-state index in [1.165, 1.54) is 12.1 Å². The summed E-state index contributed by atoms with van der Waals surface area (Å²) in [7, 11) is 0. The molecular formula is C14H19ClFNO3.